The van der Waals surface area contributed by atoms with Crippen molar-refractivity contribution < 1.29 is 10.2 Å². The summed E-state index contributed by atoms with van der Waals surface area (Å²) >= 11 is 1.20. The standard InChI is InChI=1S/C8H12N4O2S/c9-7(10)6-8(12-2-1-11-6)15-4-5(14)3-13/h1-2,5,13-14H,3-4H2,(H3,9,10). The minimum atomic E-state index is -0.809. The van der Waals surface area contributed by atoms with Crippen LogP contribution in [0.2, 0.25) is 0 Å². The van der Waals surface area contributed by atoms with Crippen LogP contribution in [0.3, 0.4) is 0 Å². The molecule has 5 N–H and O–H groups in total. The molecule has 0 spiro atoms. The highest BCUT2D eigenvalue weighted by Crippen LogP contribution is 2.18. The smallest absolute Gasteiger partial charge is 0.144 e. The number of nitrogens with zero attached hydrogens (tertiary/aromatic N) is 2. The number of amidine groups is 1. The maximum atomic E-state index is 9.14. The summed E-state index contributed by atoms with van der Waals surface area (Å²) in [5.41, 5.74) is 5.61. The number of aliphatic hydroxyl groups is 2. The van der Waals surface area contributed by atoms with Crippen molar-refractivity contribution >= 4 is 17.6 Å². The SMILES string of the molecule is N=C(N)c1nccnc1SCC(O)CO. The minimum Gasteiger partial charge on any atom is -0.394 e. The van der Waals surface area contributed by atoms with E-state index in [2.05, 4.69) is 9.97 Å². The fourth-order valence-corrected chi connectivity index (χ4v) is 1.73. The van der Waals surface area contributed by atoms with Gasteiger partial charge in [0.2, 0.25) is 0 Å². The van der Waals surface area contributed by atoms with Crippen LogP contribution >= 0.6 is 11.8 Å². The van der Waals surface area contributed by atoms with Crippen LogP contribution in [0.5, 0.6) is 0 Å². The second-order valence-corrected chi connectivity index (χ2v) is 3.78. The third-order valence-electron chi connectivity index (χ3n) is 1.54. The second-order valence-electron chi connectivity index (χ2n) is 2.77. The quantitative estimate of drug-likeness (QED) is 0.298. The van der Waals surface area contributed by atoms with Gasteiger partial charge in [0.25, 0.3) is 0 Å². The van der Waals surface area contributed by atoms with Crippen LogP contribution in [0.15, 0.2) is 17.4 Å². The van der Waals surface area contributed by atoms with Gasteiger partial charge >= 0.3 is 0 Å². The fourth-order valence-electron chi connectivity index (χ4n) is 0.843. The molecule has 0 saturated carbocycles. The summed E-state index contributed by atoms with van der Waals surface area (Å²) in [5.74, 6) is 0.124. The van der Waals surface area contributed by atoms with E-state index in [0.29, 0.717) is 10.7 Å². The summed E-state index contributed by atoms with van der Waals surface area (Å²) in [6, 6.07) is 0. The average Bonchev–Trinajstić information content (AvgIpc) is 2.26. The molecule has 6 nitrogen and oxygen atoms in total. The number of hydrogen-bond acceptors (Lipinski definition) is 6. The van der Waals surface area contributed by atoms with Crippen molar-refractivity contribution in [1.82, 2.24) is 9.97 Å². The van der Waals surface area contributed by atoms with Gasteiger partial charge in [-0.25, -0.2) is 9.97 Å². The molecule has 0 aliphatic carbocycles. The molecule has 0 aliphatic rings. The molecule has 0 radical (unpaired) electrons. The van der Waals surface area contributed by atoms with Crippen molar-refractivity contribution in [3.8, 4) is 0 Å². The Balaban J connectivity index is 2.72. The first-order chi connectivity index (χ1) is 7.15. The molecule has 1 aromatic heterocycles. The summed E-state index contributed by atoms with van der Waals surface area (Å²) in [6.07, 6.45) is 2.13. The maximum Gasteiger partial charge on any atom is 0.144 e. The molecule has 1 heterocycles. The van der Waals surface area contributed by atoms with Gasteiger partial charge in [0.15, 0.2) is 0 Å². The van der Waals surface area contributed by atoms with Gasteiger partial charge in [-0.05, 0) is 0 Å². The van der Waals surface area contributed by atoms with Crippen molar-refractivity contribution in [2.75, 3.05) is 12.4 Å². The lowest BCUT2D eigenvalue weighted by molar-refractivity contribution is 0.113. The summed E-state index contributed by atoms with van der Waals surface area (Å²) in [7, 11) is 0. The van der Waals surface area contributed by atoms with E-state index in [9.17, 15) is 0 Å². The Bertz CT molecular complexity index is 347. The summed E-state index contributed by atoms with van der Waals surface area (Å²) in [4.78, 5) is 7.90. The van der Waals surface area contributed by atoms with Crippen molar-refractivity contribution in [1.29, 1.82) is 5.41 Å². The highest BCUT2D eigenvalue weighted by molar-refractivity contribution is 7.99. The third kappa shape index (κ3) is 3.46. The van der Waals surface area contributed by atoms with Crippen LogP contribution < -0.4 is 5.73 Å². The molecule has 15 heavy (non-hydrogen) atoms. The van der Waals surface area contributed by atoms with Gasteiger partial charge < -0.3 is 15.9 Å². The van der Waals surface area contributed by atoms with E-state index in [1.165, 1.54) is 24.2 Å². The number of rotatable bonds is 5. The van der Waals surface area contributed by atoms with E-state index in [4.69, 9.17) is 21.4 Å². The predicted octanol–water partition coefficient (Wildman–Crippen LogP) is -0.794. The maximum absolute atomic E-state index is 9.14. The van der Waals surface area contributed by atoms with E-state index < -0.39 is 6.10 Å². The molecule has 1 aromatic rings. The molecular formula is C8H12N4O2S. The van der Waals surface area contributed by atoms with Gasteiger partial charge in [-0.2, -0.15) is 0 Å². The number of hydrogen-bond donors (Lipinski definition) is 4. The lowest BCUT2D eigenvalue weighted by Crippen LogP contribution is -2.17. The van der Waals surface area contributed by atoms with Crippen molar-refractivity contribution in [2.45, 2.75) is 11.1 Å². The van der Waals surface area contributed by atoms with Crippen molar-refractivity contribution in [3.63, 3.8) is 0 Å². The highest BCUT2D eigenvalue weighted by atomic mass is 32.2. The Morgan fingerprint density at radius 1 is 1.53 bits per heavy atom. The zero-order valence-corrected chi connectivity index (χ0v) is 8.74. The molecule has 1 rings (SSSR count). The molecule has 0 amide bonds. The third-order valence-corrected chi connectivity index (χ3v) is 2.67. The van der Waals surface area contributed by atoms with Gasteiger partial charge in [0.1, 0.15) is 16.6 Å². The Hall–Kier alpha value is -1.18. The number of aromatic nitrogens is 2. The number of nitrogen functional groups attached to an aromatic ring is 1. The number of nitrogens with two attached hydrogens (primary N) is 1. The van der Waals surface area contributed by atoms with Gasteiger partial charge in [0, 0.05) is 18.1 Å². The molecule has 0 bridgehead atoms. The first-order valence-electron chi connectivity index (χ1n) is 4.22. The second kappa shape index (κ2) is 5.64. The highest BCUT2D eigenvalue weighted by Gasteiger charge is 2.10. The molecule has 1 unspecified atom stereocenters. The van der Waals surface area contributed by atoms with Crippen LogP contribution in [0.1, 0.15) is 5.69 Å². The number of aliphatic hydroxyl groups excluding tert-OH is 2. The normalized spacial score (nSPS) is 12.4. The van der Waals surface area contributed by atoms with E-state index in [1.807, 2.05) is 0 Å². The zero-order chi connectivity index (χ0) is 11.3. The Morgan fingerprint density at radius 3 is 2.80 bits per heavy atom. The number of thioether (sulfide) groups is 1. The summed E-state index contributed by atoms with van der Waals surface area (Å²) in [6.45, 7) is -0.303. The molecule has 0 aliphatic heterocycles. The van der Waals surface area contributed by atoms with Crippen LogP contribution in [-0.4, -0.2) is 44.5 Å². The Labute approximate surface area is 91.1 Å². The van der Waals surface area contributed by atoms with Gasteiger partial charge in [0.05, 0.1) is 12.7 Å². The minimum absolute atomic E-state index is 0.163. The predicted molar refractivity (Wildman–Crippen MR) is 56.9 cm³/mol. The first-order valence-corrected chi connectivity index (χ1v) is 5.20. The molecule has 82 valence electrons. The van der Waals surface area contributed by atoms with Crippen LogP contribution in [-0.2, 0) is 0 Å². The molecule has 0 aromatic carbocycles. The number of nitrogens with one attached hydrogen (secondary N) is 1. The lowest BCUT2D eigenvalue weighted by atomic mass is 10.4. The molecule has 0 saturated heterocycles. The van der Waals surface area contributed by atoms with E-state index in [1.54, 1.807) is 0 Å². The summed E-state index contributed by atoms with van der Waals surface area (Å²) in [5, 5.41) is 25.5. The van der Waals surface area contributed by atoms with Gasteiger partial charge in [-0.1, -0.05) is 0 Å². The Kier molecular flexibility index (Phi) is 4.47. The topological polar surface area (TPSA) is 116 Å². The lowest BCUT2D eigenvalue weighted by Gasteiger charge is -2.07. The zero-order valence-electron chi connectivity index (χ0n) is 7.92. The van der Waals surface area contributed by atoms with E-state index in [0.717, 1.165) is 0 Å². The Morgan fingerprint density at radius 2 is 2.20 bits per heavy atom. The van der Waals surface area contributed by atoms with Crippen LogP contribution in [0.4, 0.5) is 0 Å². The fraction of sp³-hybridized carbons (Fsp3) is 0.375. The molecule has 1 atom stereocenters. The summed E-state index contributed by atoms with van der Waals surface area (Å²) < 4.78 is 0. The van der Waals surface area contributed by atoms with Gasteiger partial charge in [-0.3, -0.25) is 5.41 Å². The van der Waals surface area contributed by atoms with E-state index >= 15 is 0 Å². The molecule has 0 fully saturated rings. The first kappa shape index (κ1) is 11.9. The van der Waals surface area contributed by atoms with Crippen molar-refractivity contribution in [2.24, 2.45) is 5.73 Å². The molecular weight excluding hydrogens is 216 g/mol. The largest absolute Gasteiger partial charge is 0.394 e. The molecule has 7 heteroatoms. The van der Waals surface area contributed by atoms with Crippen LogP contribution in [0, 0.1) is 5.41 Å². The average molecular weight is 228 g/mol. The van der Waals surface area contributed by atoms with Crippen LogP contribution in [0.25, 0.3) is 0 Å². The van der Waals surface area contributed by atoms with Gasteiger partial charge in [-0.15, -0.1) is 11.8 Å². The monoisotopic (exact) mass is 228 g/mol. The van der Waals surface area contributed by atoms with E-state index in [-0.39, 0.29) is 18.2 Å². The van der Waals surface area contributed by atoms with Crippen molar-refractivity contribution in [3.05, 3.63) is 18.1 Å².